The molecule has 1 saturated heterocycles. The zero-order valence-electron chi connectivity index (χ0n) is 12.8. The van der Waals surface area contributed by atoms with E-state index in [1.807, 2.05) is 36.9 Å². The molecule has 0 aliphatic carbocycles. The second kappa shape index (κ2) is 8.29. The molecular formula is C16H24N2O2S. The minimum Gasteiger partial charge on any atom is -0.494 e. The second-order valence-electron chi connectivity index (χ2n) is 5.30. The molecule has 2 N–H and O–H groups in total. The molecule has 0 bridgehead atoms. The number of nitrogens with one attached hydrogen (secondary N) is 2. The minimum absolute atomic E-state index is 0.0697. The number of carbonyl (C=O) groups is 1. The fraction of sp³-hybridized carbons (Fsp3) is 0.562. The van der Waals surface area contributed by atoms with Crippen molar-refractivity contribution < 1.29 is 9.53 Å². The highest BCUT2D eigenvalue weighted by Crippen LogP contribution is 2.22. The highest BCUT2D eigenvalue weighted by atomic mass is 32.2. The number of thioether (sulfide) groups is 1. The van der Waals surface area contributed by atoms with Crippen LogP contribution in [-0.4, -0.2) is 36.6 Å². The van der Waals surface area contributed by atoms with Crippen LogP contribution in [0.1, 0.15) is 25.3 Å². The molecular weight excluding hydrogens is 284 g/mol. The van der Waals surface area contributed by atoms with E-state index in [1.54, 1.807) is 0 Å². The van der Waals surface area contributed by atoms with Crippen LogP contribution < -0.4 is 15.4 Å². The Morgan fingerprint density at radius 3 is 3.05 bits per heavy atom. The van der Waals surface area contributed by atoms with Gasteiger partial charge in [-0.2, -0.15) is 11.8 Å². The minimum atomic E-state index is 0.0697. The number of rotatable bonds is 6. The van der Waals surface area contributed by atoms with Crippen LogP contribution in [-0.2, 0) is 4.79 Å². The third kappa shape index (κ3) is 5.25. The summed E-state index contributed by atoms with van der Waals surface area (Å²) in [5, 5.41) is 6.38. The molecule has 2 rings (SSSR count). The molecule has 1 aromatic rings. The van der Waals surface area contributed by atoms with Crippen molar-refractivity contribution in [3.63, 3.8) is 0 Å². The van der Waals surface area contributed by atoms with E-state index in [-0.39, 0.29) is 11.9 Å². The molecule has 116 valence electrons. The van der Waals surface area contributed by atoms with Crippen molar-refractivity contribution in [3.8, 4) is 5.75 Å². The average Bonchev–Trinajstić information content (AvgIpc) is 2.48. The zero-order valence-corrected chi connectivity index (χ0v) is 13.6. The summed E-state index contributed by atoms with van der Waals surface area (Å²) in [6.07, 6.45) is 1.52. The number of carbonyl (C=O) groups excluding carboxylic acids is 1. The standard InChI is InChI=1S/C16H24N2O2S/c1-3-7-20-14-4-5-15(12(2)9-14)18-16(19)10-13-11-21-8-6-17-13/h4-5,9,13,17H,3,6-8,10-11H2,1-2H3,(H,18,19). The molecule has 1 unspecified atom stereocenters. The van der Waals surface area contributed by atoms with E-state index in [0.717, 1.165) is 48.1 Å². The summed E-state index contributed by atoms with van der Waals surface area (Å²) in [7, 11) is 0. The molecule has 4 nitrogen and oxygen atoms in total. The normalized spacial score (nSPS) is 18.3. The molecule has 1 amide bonds. The number of ether oxygens (including phenoxy) is 1. The summed E-state index contributed by atoms with van der Waals surface area (Å²) < 4.78 is 5.59. The van der Waals surface area contributed by atoms with Crippen molar-refractivity contribution in [3.05, 3.63) is 23.8 Å². The van der Waals surface area contributed by atoms with Gasteiger partial charge in [0.25, 0.3) is 0 Å². The molecule has 1 aliphatic heterocycles. The summed E-state index contributed by atoms with van der Waals surface area (Å²) in [5.74, 6) is 3.07. The summed E-state index contributed by atoms with van der Waals surface area (Å²) in [5.41, 5.74) is 1.90. The second-order valence-corrected chi connectivity index (χ2v) is 6.45. The molecule has 0 spiro atoms. The first kappa shape index (κ1) is 16.2. The number of hydrogen-bond acceptors (Lipinski definition) is 4. The molecule has 1 heterocycles. The predicted molar refractivity (Wildman–Crippen MR) is 89.3 cm³/mol. The Kier molecular flexibility index (Phi) is 6.39. The maximum Gasteiger partial charge on any atom is 0.225 e. The van der Waals surface area contributed by atoms with Crippen LogP contribution >= 0.6 is 11.8 Å². The van der Waals surface area contributed by atoms with Crippen molar-refractivity contribution in [2.45, 2.75) is 32.7 Å². The first-order valence-electron chi connectivity index (χ1n) is 7.53. The highest BCUT2D eigenvalue weighted by Gasteiger charge is 2.17. The summed E-state index contributed by atoms with van der Waals surface area (Å²) in [6.45, 7) is 5.78. The van der Waals surface area contributed by atoms with E-state index in [9.17, 15) is 4.79 Å². The molecule has 0 aromatic heterocycles. The highest BCUT2D eigenvalue weighted by molar-refractivity contribution is 7.99. The van der Waals surface area contributed by atoms with E-state index in [4.69, 9.17) is 4.74 Å². The zero-order chi connectivity index (χ0) is 15.1. The van der Waals surface area contributed by atoms with Gasteiger partial charge in [-0.05, 0) is 37.1 Å². The fourth-order valence-corrected chi connectivity index (χ4v) is 3.21. The Labute approximate surface area is 131 Å². The first-order valence-corrected chi connectivity index (χ1v) is 8.69. The monoisotopic (exact) mass is 308 g/mol. The number of aryl methyl sites for hydroxylation is 1. The van der Waals surface area contributed by atoms with Crippen molar-refractivity contribution >= 4 is 23.4 Å². The Hall–Kier alpha value is -1.20. The summed E-state index contributed by atoms with van der Waals surface area (Å²) in [4.78, 5) is 12.1. The largest absolute Gasteiger partial charge is 0.494 e. The maximum atomic E-state index is 12.1. The number of amides is 1. The molecule has 21 heavy (non-hydrogen) atoms. The Balaban J connectivity index is 1.87. The topological polar surface area (TPSA) is 50.4 Å². The third-order valence-corrected chi connectivity index (χ3v) is 4.51. The van der Waals surface area contributed by atoms with E-state index in [2.05, 4.69) is 17.6 Å². The molecule has 5 heteroatoms. The molecule has 0 radical (unpaired) electrons. The van der Waals surface area contributed by atoms with Crippen LogP contribution in [0.15, 0.2) is 18.2 Å². The van der Waals surface area contributed by atoms with Crippen LogP contribution in [0.2, 0.25) is 0 Å². The van der Waals surface area contributed by atoms with Gasteiger partial charge in [-0.15, -0.1) is 0 Å². The predicted octanol–water partition coefficient (Wildman–Crippen LogP) is 2.82. The van der Waals surface area contributed by atoms with Crippen LogP contribution in [0, 0.1) is 6.92 Å². The number of benzene rings is 1. The third-order valence-electron chi connectivity index (χ3n) is 3.38. The van der Waals surface area contributed by atoms with Gasteiger partial charge in [-0.1, -0.05) is 6.92 Å². The van der Waals surface area contributed by atoms with Crippen molar-refractivity contribution in [1.82, 2.24) is 5.32 Å². The van der Waals surface area contributed by atoms with Gasteiger partial charge < -0.3 is 15.4 Å². The van der Waals surface area contributed by atoms with E-state index >= 15 is 0 Å². The molecule has 1 aromatic carbocycles. The van der Waals surface area contributed by atoms with Gasteiger partial charge >= 0.3 is 0 Å². The van der Waals surface area contributed by atoms with Gasteiger partial charge in [-0.3, -0.25) is 4.79 Å². The smallest absolute Gasteiger partial charge is 0.225 e. The van der Waals surface area contributed by atoms with Crippen LogP contribution in [0.5, 0.6) is 5.75 Å². The lowest BCUT2D eigenvalue weighted by atomic mass is 10.1. The van der Waals surface area contributed by atoms with Gasteiger partial charge in [0.2, 0.25) is 5.91 Å². The SMILES string of the molecule is CCCOc1ccc(NC(=O)CC2CSCCN2)c(C)c1. The Bertz CT molecular complexity index is 473. The fourth-order valence-electron chi connectivity index (χ4n) is 2.26. The van der Waals surface area contributed by atoms with Gasteiger partial charge in [0.1, 0.15) is 5.75 Å². The van der Waals surface area contributed by atoms with Gasteiger partial charge in [0.15, 0.2) is 0 Å². The van der Waals surface area contributed by atoms with Crippen molar-refractivity contribution in [1.29, 1.82) is 0 Å². The van der Waals surface area contributed by atoms with Gasteiger partial charge in [0.05, 0.1) is 6.61 Å². The molecule has 1 atom stereocenters. The van der Waals surface area contributed by atoms with Gasteiger partial charge in [-0.25, -0.2) is 0 Å². The molecule has 1 aliphatic rings. The quantitative estimate of drug-likeness (QED) is 0.848. The Morgan fingerprint density at radius 2 is 2.38 bits per heavy atom. The van der Waals surface area contributed by atoms with Crippen molar-refractivity contribution in [2.75, 3.05) is 30.0 Å². The van der Waals surface area contributed by atoms with E-state index in [1.165, 1.54) is 0 Å². The summed E-state index contributed by atoms with van der Waals surface area (Å²) >= 11 is 1.90. The number of anilines is 1. The molecule has 1 fully saturated rings. The lowest BCUT2D eigenvalue weighted by Crippen LogP contribution is -2.39. The lowest BCUT2D eigenvalue weighted by molar-refractivity contribution is -0.116. The molecule has 0 saturated carbocycles. The summed E-state index contributed by atoms with van der Waals surface area (Å²) in [6, 6.07) is 6.09. The first-order chi connectivity index (χ1) is 10.2. The van der Waals surface area contributed by atoms with Crippen molar-refractivity contribution in [2.24, 2.45) is 0 Å². The average molecular weight is 308 g/mol. The van der Waals surface area contributed by atoms with Crippen LogP contribution in [0.25, 0.3) is 0 Å². The lowest BCUT2D eigenvalue weighted by Gasteiger charge is -2.22. The van der Waals surface area contributed by atoms with Gasteiger partial charge in [0, 0.05) is 36.2 Å². The number of hydrogen-bond donors (Lipinski definition) is 2. The van der Waals surface area contributed by atoms with E-state index in [0.29, 0.717) is 6.42 Å². The maximum absolute atomic E-state index is 12.1. The Morgan fingerprint density at radius 1 is 1.52 bits per heavy atom. The van der Waals surface area contributed by atoms with E-state index < -0.39 is 0 Å². The van der Waals surface area contributed by atoms with Crippen LogP contribution in [0.3, 0.4) is 0 Å². The van der Waals surface area contributed by atoms with Crippen LogP contribution in [0.4, 0.5) is 5.69 Å².